The molecular weight excluding hydrogens is 492 g/mol. The van der Waals surface area contributed by atoms with E-state index < -0.39 is 17.2 Å². The molecule has 1 aliphatic heterocycles. The van der Waals surface area contributed by atoms with Crippen molar-refractivity contribution in [3.63, 3.8) is 0 Å². The van der Waals surface area contributed by atoms with E-state index in [0.29, 0.717) is 36.8 Å². The molecule has 2 aromatic heterocycles. The number of hydrogen-bond donors (Lipinski definition) is 2. The van der Waals surface area contributed by atoms with Gasteiger partial charge in [-0.05, 0) is 78.4 Å². The number of hydrogen-bond acceptors (Lipinski definition) is 6. The molecular formula is C30H40N6O3. The van der Waals surface area contributed by atoms with Crippen LogP contribution in [-0.4, -0.2) is 69.2 Å². The first-order valence-corrected chi connectivity index (χ1v) is 13.8. The largest absolute Gasteiger partial charge is 0.444 e. The van der Waals surface area contributed by atoms with Crippen molar-refractivity contribution in [2.75, 3.05) is 25.0 Å². The van der Waals surface area contributed by atoms with Crippen LogP contribution in [0.4, 0.5) is 10.5 Å². The molecule has 9 heteroatoms. The highest BCUT2D eigenvalue weighted by Gasteiger charge is 2.40. The van der Waals surface area contributed by atoms with Gasteiger partial charge in [0.05, 0.1) is 33.4 Å². The first-order chi connectivity index (χ1) is 18.3. The van der Waals surface area contributed by atoms with Gasteiger partial charge in [-0.2, -0.15) is 0 Å². The molecule has 1 saturated carbocycles. The standard InChI is InChI=1S/C30H40N6O3/c1-18-9-8-10-23-24(18)33-26(32-23)21-15-31-16-22(27(37)35(7)19(2)20-11-12-20)25(21)36-14-13-30(6,17-36)34-28(38)39-29(3,4)5/h8-10,15-16,19-20H,11-14,17H2,1-7H3,(H,32,33)(H,34,38)/t19-,30-/m0/s1. The highest BCUT2D eigenvalue weighted by Crippen LogP contribution is 2.39. The quantitative estimate of drug-likeness (QED) is 0.447. The Morgan fingerprint density at radius 2 is 2.00 bits per heavy atom. The smallest absolute Gasteiger partial charge is 0.408 e. The van der Waals surface area contributed by atoms with E-state index in [0.717, 1.165) is 40.7 Å². The number of rotatable bonds is 6. The molecule has 1 aromatic carbocycles. The van der Waals surface area contributed by atoms with Gasteiger partial charge in [-0.1, -0.05) is 12.1 Å². The van der Waals surface area contributed by atoms with Crippen LogP contribution < -0.4 is 10.2 Å². The Morgan fingerprint density at radius 1 is 1.26 bits per heavy atom. The predicted octanol–water partition coefficient (Wildman–Crippen LogP) is 5.30. The van der Waals surface area contributed by atoms with Gasteiger partial charge in [0.2, 0.25) is 0 Å². The summed E-state index contributed by atoms with van der Waals surface area (Å²) in [4.78, 5) is 43.5. The molecule has 208 valence electrons. The molecule has 2 aliphatic rings. The number of aromatic amines is 1. The summed E-state index contributed by atoms with van der Waals surface area (Å²) >= 11 is 0. The Hall–Kier alpha value is -3.62. The molecule has 3 aromatic rings. The van der Waals surface area contributed by atoms with Crippen LogP contribution in [0.3, 0.4) is 0 Å². The van der Waals surface area contributed by atoms with E-state index in [4.69, 9.17) is 9.72 Å². The van der Waals surface area contributed by atoms with Gasteiger partial charge in [-0.15, -0.1) is 0 Å². The summed E-state index contributed by atoms with van der Waals surface area (Å²) in [6.45, 7) is 12.9. The fourth-order valence-electron chi connectivity index (χ4n) is 5.50. The maximum atomic E-state index is 13.9. The number of ether oxygens (including phenoxy) is 1. The molecule has 2 atom stereocenters. The zero-order valence-electron chi connectivity index (χ0n) is 24.1. The fourth-order valence-corrected chi connectivity index (χ4v) is 5.50. The van der Waals surface area contributed by atoms with E-state index >= 15 is 0 Å². The molecule has 39 heavy (non-hydrogen) atoms. The molecule has 9 nitrogen and oxygen atoms in total. The Morgan fingerprint density at radius 3 is 2.67 bits per heavy atom. The van der Waals surface area contributed by atoms with E-state index in [9.17, 15) is 9.59 Å². The summed E-state index contributed by atoms with van der Waals surface area (Å²) in [6.07, 6.45) is 6.02. The van der Waals surface area contributed by atoms with E-state index in [1.165, 1.54) is 0 Å². The maximum absolute atomic E-state index is 13.9. The Kier molecular flexibility index (Phi) is 6.81. The van der Waals surface area contributed by atoms with Crippen molar-refractivity contribution in [3.05, 3.63) is 41.7 Å². The van der Waals surface area contributed by atoms with Crippen molar-refractivity contribution in [2.24, 2.45) is 5.92 Å². The number of nitrogens with one attached hydrogen (secondary N) is 2. The average Bonchev–Trinajstić information content (AvgIpc) is 3.50. The third-order valence-electron chi connectivity index (χ3n) is 7.95. The first-order valence-electron chi connectivity index (χ1n) is 13.8. The molecule has 2 N–H and O–H groups in total. The third-order valence-corrected chi connectivity index (χ3v) is 7.95. The van der Waals surface area contributed by atoms with Gasteiger partial charge < -0.3 is 24.8 Å². The highest BCUT2D eigenvalue weighted by atomic mass is 16.6. The number of para-hydroxylation sites is 1. The molecule has 1 saturated heterocycles. The molecule has 2 amide bonds. The minimum Gasteiger partial charge on any atom is -0.444 e. The maximum Gasteiger partial charge on any atom is 0.408 e. The number of aryl methyl sites for hydroxylation is 1. The molecule has 0 radical (unpaired) electrons. The van der Waals surface area contributed by atoms with E-state index in [1.54, 1.807) is 12.4 Å². The predicted molar refractivity (Wildman–Crippen MR) is 153 cm³/mol. The Bertz CT molecular complexity index is 1410. The molecule has 1 aliphatic carbocycles. The van der Waals surface area contributed by atoms with Crippen LogP contribution in [0.1, 0.15) is 69.8 Å². The molecule has 0 unspecified atom stereocenters. The van der Waals surface area contributed by atoms with Gasteiger partial charge >= 0.3 is 6.09 Å². The molecule has 3 heterocycles. The minimum atomic E-state index is -0.584. The number of alkyl carbamates (subject to hydrolysis) is 1. The van der Waals surface area contributed by atoms with Crippen LogP contribution in [-0.2, 0) is 4.74 Å². The SMILES string of the molecule is Cc1cccc2[nH]c(-c3cncc(C(=O)N(C)[C@@H](C)C4CC4)c3N3CC[C@](C)(NC(=O)OC(C)(C)C)C3)nc12. The fraction of sp³-hybridized carbons (Fsp3) is 0.533. The molecule has 2 fully saturated rings. The zero-order chi connectivity index (χ0) is 28.1. The lowest BCUT2D eigenvalue weighted by Gasteiger charge is -2.31. The first kappa shape index (κ1) is 27.0. The van der Waals surface area contributed by atoms with Gasteiger partial charge in [0.25, 0.3) is 5.91 Å². The van der Waals surface area contributed by atoms with E-state index in [2.05, 4.69) is 27.1 Å². The van der Waals surface area contributed by atoms with Gasteiger partial charge in [0.15, 0.2) is 0 Å². The van der Waals surface area contributed by atoms with Crippen molar-refractivity contribution in [3.8, 4) is 11.4 Å². The summed E-state index contributed by atoms with van der Waals surface area (Å²) in [7, 11) is 1.88. The van der Waals surface area contributed by atoms with Gasteiger partial charge in [0, 0.05) is 38.6 Å². The number of H-pyrrole nitrogens is 1. The minimum absolute atomic E-state index is 0.0558. The second-order valence-corrected chi connectivity index (χ2v) is 12.5. The molecule has 0 spiro atoms. The van der Waals surface area contributed by atoms with Crippen LogP contribution in [0.15, 0.2) is 30.6 Å². The number of aromatic nitrogens is 3. The second kappa shape index (κ2) is 9.84. The molecule has 0 bridgehead atoms. The van der Waals surface area contributed by atoms with Crippen molar-refractivity contribution >= 4 is 28.7 Å². The summed E-state index contributed by atoms with van der Waals surface area (Å²) < 4.78 is 5.54. The monoisotopic (exact) mass is 532 g/mol. The van der Waals surface area contributed by atoms with Crippen molar-refractivity contribution in [2.45, 2.75) is 78.0 Å². The van der Waals surface area contributed by atoms with Crippen LogP contribution in [0, 0.1) is 12.8 Å². The number of amides is 2. The van der Waals surface area contributed by atoms with E-state index in [1.807, 2.05) is 64.8 Å². The Balaban J connectivity index is 1.54. The van der Waals surface area contributed by atoms with Crippen LogP contribution in [0.2, 0.25) is 0 Å². The average molecular weight is 533 g/mol. The van der Waals surface area contributed by atoms with Gasteiger partial charge in [0.1, 0.15) is 11.4 Å². The summed E-state index contributed by atoms with van der Waals surface area (Å²) in [5.41, 5.74) is 3.89. The van der Waals surface area contributed by atoms with E-state index in [-0.39, 0.29) is 11.9 Å². The number of nitrogens with zero attached hydrogens (tertiary/aromatic N) is 4. The van der Waals surface area contributed by atoms with Crippen LogP contribution in [0.25, 0.3) is 22.4 Å². The summed E-state index contributed by atoms with van der Waals surface area (Å²) in [5, 5.41) is 3.08. The number of carbonyl (C=O) groups excluding carboxylic acids is 2. The van der Waals surface area contributed by atoms with Gasteiger partial charge in [-0.3, -0.25) is 9.78 Å². The lowest BCUT2D eigenvalue weighted by atomic mass is 10.0. The highest BCUT2D eigenvalue weighted by molar-refractivity contribution is 6.03. The summed E-state index contributed by atoms with van der Waals surface area (Å²) in [6, 6.07) is 6.19. The van der Waals surface area contributed by atoms with Crippen LogP contribution in [0.5, 0.6) is 0 Å². The number of anilines is 1. The topological polar surface area (TPSA) is 103 Å². The number of fused-ring (bicyclic) bond motifs is 1. The lowest BCUT2D eigenvalue weighted by Crippen LogP contribution is -2.49. The number of pyridine rings is 1. The zero-order valence-corrected chi connectivity index (χ0v) is 24.1. The van der Waals surface area contributed by atoms with Crippen molar-refractivity contribution < 1.29 is 14.3 Å². The number of benzene rings is 1. The van der Waals surface area contributed by atoms with Crippen molar-refractivity contribution in [1.82, 2.24) is 25.2 Å². The molecule has 5 rings (SSSR count). The third kappa shape index (κ3) is 5.58. The number of imidazole rings is 1. The van der Waals surface area contributed by atoms with Crippen molar-refractivity contribution in [1.29, 1.82) is 0 Å². The Labute approximate surface area is 230 Å². The van der Waals surface area contributed by atoms with Gasteiger partial charge in [-0.25, -0.2) is 9.78 Å². The summed E-state index contributed by atoms with van der Waals surface area (Å²) in [5.74, 6) is 1.16. The number of carbonyl (C=O) groups is 2. The second-order valence-electron chi connectivity index (χ2n) is 12.5. The normalized spacial score (nSPS) is 20.2. The van der Waals surface area contributed by atoms with Crippen LogP contribution >= 0.6 is 0 Å². The lowest BCUT2D eigenvalue weighted by molar-refractivity contribution is 0.0473.